The Bertz CT molecular complexity index is 917. The SMILES string of the molecule is CCCCCCCCCCCCCCCCCCCC(=O)OC(COC(=O)CCCCCCCCCCCCCCCCC)COC(=O)CCCCCCCCCCCCCCCCC. The quantitative estimate of drug-likeness (QED) is 0.0344. The number of hydrogen-bond donors (Lipinski definition) is 0. The molecule has 0 unspecified atom stereocenters. The second kappa shape index (κ2) is 55.0. The van der Waals surface area contributed by atoms with Crippen molar-refractivity contribution in [3.8, 4) is 0 Å². The molecule has 0 aromatic carbocycles. The Morgan fingerprint density at radius 1 is 0.246 bits per heavy atom. The highest BCUT2D eigenvalue weighted by molar-refractivity contribution is 5.71. The number of hydrogen-bond acceptors (Lipinski definition) is 6. The van der Waals surface area contributed by atoms with E-state index in [0.29, 0.717) is 19.3 Å². The summed E-state index contributed by atoms with van der Waals surface area (Å²) in [5.41, 5.74) is 0. The number of unbranched alkanes of at least 4 members (excludes halogenated alkanes) is 44. The predicted octanol–water partition coefficient (Wildman–Crippen LogP) is 19.5. The van der Waals surface area contributed by atoms with Gasteiger partial charge < -0.3 is 14.2 Å². The van der Waals surface area contributed by atoms with E-state index >= 15 is 0 Å². The first kappa shape index (κ1) is 63.4. The second-order valence-electron chi connectivity index (χ2n) is 20.3. The summed E-state index contributed by atoms with van der Waals surface area (Å²) in [6.07, 6.45) is 60.9. The predicted molar refractivity (Wildman–Crippen MR) is 280 cm³/mol. The molecule has 0 fully saturated rings. The van der Waals surface area contributed by atoms with Gasteiger partial charge in [-0.05, 0) is 19.3 Å². The van der Waals surface area contributed by atoms with Gasteiger partial charge in [0.15, 0.2) is 6.10 Å². The van der Waals surface area contributed by atoms with Gasteiger partial charge in [-0.25, -0.2) is 0 Å². The van der Waals surface area contributed by atoms with Crippen LogP contribution in [0.1, 0.15) is 342 Å². The zero-order valence-corrected chi connectivity index (χ0v) is 44.3. The van der Waals surface area contributed by atoms with Crippen molar-refractivity contribution >= 4 is 17.9 Å². The summed E-state index contributed by atoms with van der Waals surface area (Å²) in [6, 6.07) is 0. The molecule has 0 saturated carbocycles. The average Bonchev–Trinajstić information content (AvgIpc) is 3.30. The zero-order chi connectivity index (χ0) is 47.2. The summed E-state index contributed by atoms with van der Waals surface area (Å²) in [6.45, 7) is 6.71. The minimum absolute atomic E-state index is 0.0609. The van der Waals surface area contributed by atoms with Gasteiger partial charge in [0, 0.05) is 19.3 Å². The van der Waals surface area contributed by atoms with E-state index in [2.05, 4.69) is 20.8 Å². The van der Waals surface area contributed by atoms with Gasteiger partial charge in [0.25, 0.3) is 0 Å². The Kier molecular flexibility index (Phi) is 53.7. The second-order valence-corrected chi connectivity index (χ2v) is 20.3. The number of ether oxygens (including phenoxy) is 3. The van der Waals surface area contributed by atoms with Crippen molar-refractivity contribution in [2.24, 2.45) is 0 Å². The maximum atomic E-state index is 12.9. The summed E-state index contributed by atoms with van der Waals surface area (Å²) >= 11 is 0. The third-order valence-electron chi connectivity index (χ3n) is 13.6. The van der Waals surface area contributed by atoms with Gasteiger partial charge in [0.1, 0.15) is 13.2 Å². The molecule has 0 N–H and O–H groups in total. The molecular weight excluding hydrogens is 805 g/mol. The molecule has 6 nitrogen and oxygen atoms in total. The van der Waals surface area contributed by atoms with Crippen LogP contribution in [0.5, 0.6) is 0 Å². The highest BCUT2D eigenvalue weighted by Crippen LogP contribution is 2.18. The Morgan fingerprint density at radius 3 is 0.615 bits per heavy atom. The van der Waals surface area contributed by atoms with Crippen LogP contribution in [0.15, 0.2) is 0 Å². The summed E-state index contributed by atoms with van der Waals surface area (Å²) in [4.78, 5) is 38.2. The molecule has 0 spiro atoms. The van der Waals surface area contributed by atoms with E-state index in [1.54, 1.807) is 0 Å². The van der Waals surface area contributed by atoms with Gasteiger partial charge in [-0.15, -0.1) is 0 Å². The maximum absolute atomic E-state index is 12.9. The number of esters is 3. The topological polar surface area (TPSA) is 78.9 Å². The van der Waals surface area contributed by atoms with Crippen molar-refractivity contribution < 1.29 is 28.6 Å². The highest BCUT2D eigenvalue weighted by Gasteiger charge is 2.19. The van der Waals surface area contributed by atoms with Crippen LogP contribution in [0.4, 0.5) is 0 Å². The van der Waals surface area contributed by atoms with Crippen LogP contribution in [-0.2, 0) is 28.6 Å². The highest BCUT2D eigenvalue weighted by atomic mass is 16.6. The van der Waals surface area contributed by atoms with Crippen LogP contribution in [0.2, 0.25) is 0 Å². The van der Waals surface area contributed by atoms with E-state index in [4.69, 9.17) is 14.2 Å². The molecule has 0 amide bonds. The Labute approximate surface area is 406 Å². The van der Waals surface area contributed by atoms with E-state index < -0.39 is 6.10 Å². The van der Waals surface area contributed by atoms with E-state index in [-0.39, 0.29) is 31.1 Å². The van der Waals surface area contributed by atoms with Gasteiger partial charge >= 0.3 is 17.9 Å². The van der Waals surface area contributed by atoms with Crippen LogP contribution in [-0.4, -0.2) is 37.2 Å². The van der Waals surface area contributed by atoms with Gasteiger partial charge in [-0.1, -0.05) is 303 Å². The molecule has 0 atom stereocenters. The van der Waals surface area contributed by atoms with Crippen LogP contribution in [0.3, 0.4) is 0 Å². The van der Waals surface area contributed by atoms with Crippen molar-refractivity contribution in [3.63, 3.8) is 0 Å². The lowest BCUT2D eigenvalue weighted by Crippen LogP contribution is -2.30. The zero-order valence-electron chi connectivity index (χ0n) is 44.3. The molecule has 6 heteroatoms. The van der Waals surface area contributed by atoms with Crippen molar-refractivity contribution in [1.29, 1.82) is 0 Å². The Morgan fingerprint density at radius 2 is 0.415 bits per heavy atom. The average molecular weight is 920 g/mol. The maximum Gasteiger partial charge on any atom is 0.306 e. The van der Waals surface area contributed by atoms with Crippen LogP contribution < -0.4 is 0 Å². The van der Waals surface area contributed by atoms with Gasteiger partial charge in [-0.2, -0.15) is 0 Å². The summed E-state index contributed by atoms with van der Waals surface area (Å²) in [5.74, 6) is -0.830. The number of rotatable bonds is 55. The normalized spacial score (nSPS) is 11.4. The minimum atomic E-state index is -0.761. The lowest BCUT2D eigenvalue weighted by atomic mass is 10.0. The molecule has 0 aliphatic carbocycles. The van der Waals surface area contributed by atoms with E-state index in [1.165, 1.54) is 244 Å². The van der Waals surface area contributed by atoms with E-state index in [1.807, 2.05) is 0 Å². The van der Waals surface area contributed by atoms with Gasteiger partial charge in [0.2, 0.25) is 0 Å². The first-order valence-electron chi connectivity index (χ1n) is 29.5. The van der Waals surface area contributed by atoms with E-state index in [9.17, 15) is 14.4 Å². The molecule has 0 radical (unpaired) electrons. The Balaban J connectivity index is 4.29. The van der Waals surface area contributed by atoms with Crippen molar-refractivity contribution in [2.45, 2.75) is 348 Å². The third-order valence-corrected chi connectivity index (χ3v) is 13.6. The molecule has 0 aliphatic rings. The molecule has 0 bridgehead atoms. The smallest absolute Gasteiger partial charge is 0.306 e. The fraction of sp³-hybridized carbons (Fsp3) is 0.949. The van der Waals surface area contributed by atoms with Gasteiger partial charge in [-0.3, -0.25) is 14.4 Å². The lowest BCUT2D eigenvalue weighted by Gasteiger charge is -2.18. The largest absolute Gasteiger partial charge is 0.462 e. The monoisotopic (exact) mass is 919 g/mol. The summed E-state index contributed by atoms with van der Waals surface area (Å²) < 4.78 is 16.9. The fourth-order valence-corrected chi connectivity index (χ4v) is 9.15. The molecule has 0 heterocycles. The van der Waals surface area contributed by atoms with E-state index in [0.717, 1.165) is 57.8 Å². The van der Waals surface area contributed by atoms with Crippen molar-refractivity contribution in [2.75, 3.05) is 13.2 Å². The summed E-state index contributed by atoms with van der Waals surface area (Å²) in [5, 5.41) is 0. The first-order chi connectivity index (χ1) is 32.0. The van der Waals surface area contributed by atoms with Crippen molar-refractivity contribution in [1.82, 2.24) is 0 Å². The van der Waals surface area contributed by atoms with Gasteiger partial charge in [0.05, 0.1) is 0 Å². The van der Waals surface area contributed by atoms with Crippen molar-refractivity contribution in [3.05, 3.63) is 0 Å². The first-order valence-corrected chi connectivity index (χ1v) is 29.5. The molecule has 0 rings (SSSR count). The Hall–Kier alpha value is -1.59. The molecule has 0 aromatic heterocycles. The molecule has 0 aliphatic heterocycles. The standard InChI is InChI=1S/C59H114O6/c1-4-7-10-13-16-19-22-25-28-29-32-35-38-41-44-47-50-53-59(62)65-56(54-63-57(60)51-48-45-42-39-36-33-30-26-23-20-17-14-11-8-5-2)55-64-58(61)52-49-46-43-40-37-34-31-27-24-21-18-15-12-9-6-3/h56H,4-55H2,1-3H3. The molecule has 386 valence electrons. The number of carbonyl (C=O) groups is 3. The summed E-state index contributed by atoms with van der Waals surface area (Å²) in [7, 11) is 0. The molecule has 0 saturated heterocycles. The minimum Gasteiger partial charge on any atom is -0.462 e. The van der Waals surface area contributed by atoms with Crippen LogP contribution in [0.25, 0.3) is 0 Å². The van der Waals surface area contributed by atoms with Crippen LogP contribution in [0, 0.1) is 0 Å². The van der Waals surface area contributed by atoms with Crippen LogP contribution >= 0.6 is 0 Å². The fourth-order valence-electron chi connectivity index (χ4n) is 9.15. The third kappa shape index (κ3) is 53.2. The molecule has 0 aromatic rings. The molecular formula is C59H114O6. The number of carbonyl (C=O) groups excluding carboxylic acids is 3. The molecule has 65 heavy (non-hydrogen) atoms. The lowest BCUT2D eigenvalue weighted by molar-refractivity contribution is -0.167.